The van der Waals surface area contributed by atoms with Crippen molar-refractivity contribution in [3.05, 3.63) is 29.3 Å². The number of rotatable bonds is 2. The molecule has 4 heteroatoms. The second-order valence-corrected chi connectivity index (χ2v) is 7.83. The van der Waals surface area contributed by atoms with E-state index in [2.05, 4.69) is 37.1 Å². The molecule has 3 heterocycles. The average molecular weight is 315 g/mol. The van der Waals surface area contributed by atoms with E-state index in [1.807, 2.05) is 0 Å². The molecule has 0 saturated carbocycles. The minimum Gasteiger partial charge on any atom is -0.337 e. The normalized spacial score (nSPS) is 30.3. The van der Waals surface area contributed by atoms with Crippen LogP contribution in [-0.2, 0) is 4.79 Å². The summed E-state index contributed by atoms with van der Waals surface area (Å²) in [5.41, 5.74) is 3.92. The number of carbonyl (C=O) groups excluding carboxylic acids is 1. The van der Waals surface area contributed by atoms with Crippen LogP contribution in [0.15, 0.2) is 18.2 Å². The summed E-state index contributed by atoms with van der Waals surface area (Å²) in [6.07, 6.45) is 3.68. The van der Waals surface area contributed by atoms with Crippen LogP contribution in [0, 0.1) is 6.92 Å². The zero-order valence-corrected chi connectivity index (χ0v) is 14.4. The zero-order chi connectivity index (χ0) is 16.0. The summed E-state index contributed by atoms with van der Waals surface area (Å²) < 4.78 is 0. The van der Waals surface area contributed by atoms with Gasteiger partial charge in [-0.3, -0.25) is 4.79 Å². The lowest BCUT2D eigenvalue weighted by atomic mass is 9.89. The summed E-state index contributed by atoms with van der Waals surface area (Å²) in [7, 11) is 2.28. The van der Waals surface area contributed by atoms with E-state index in [1.165, 1.54) is 54.2 Å². The highest BCUT2D eigenvalue weighted by molar-refractivity contribution is 5.97. The fourth-order valence-electron chi connectivity index (χ4n) is 4.87. The van der Waals surface area contributed by atoms with E-state index < -0.39 is 0 Å². The van der Waals surface area contributed by atoms with Crippen molar-refractivity contribution in [2.75, 3.05) is 44.7 Å². The zero-order valence-electron chi connectivity index (χ0n) is 14.4. The summed E-state index contributed by atoms with van der Waals surface area (Å²) >= 11 is 0. The number of hydrogen-bond donors (Lipinski definition) is 2. The highest BCUT2D eigenvalue weighted by atomic mass is 16.2. The molecule has 1 aromatic rings. The van der Waals surface area contributed by atoms with E-state index in [-0.39, 0.29) is 0 Å². The Bertz CT molecular complexity index is 609. The molecule has 0 bridgehead atoms. The highest BCUT2D eigenvalue weighted by Gasteiger charge is 2.46. The Balaban J connectivity index is 1.64. The van der Waals surface area contributed by atoms with Crippen LogP contribution >= 0.6 is 0 Å². The van der Waals surface area contributed by atoms with Gasteiger partial charge in [0.25, 0.3) is 5.91 Å². The number of piperidine rings is 1. The number of aryl methyl sites for hydroxylation is 1. The average Bonchev–Trinajstić information content (AvgIpc) is 3.13. The molecule has 2 N–H and O–H groups in total. The van der Waals surface area contributed by atoms with Gasteiger partial charge in [-0.25, -0.2) is 0 Å². The van der Waals surface area contributed by atoms with Crippen molar-refractivity contribution in [1.82, 2.24) is 0 Å². The number of nitrogens with one attached hydrogen (secondary N) is 2. The summed E-state index contributed by atoms with van der Waals surface area (Å²) in [5, 5.41) is 0. The van der Waals surface area contributed by atoms with Crippen molar-refractivity contribution in [2.24, 2.45) is 0 Å². The molecule has 2 fully saturated rings. The fourth-order valence-corrected chi connectivity index (χ4v) is 4.87. The van der Waals surface area contributed by atoms with E-state index in [9.17, 15) is 4.79 Å². The van der Waals surface area contributed by atoms with E-state index >= 15 is 0 Å². The maximum atomic E-state index is 13.1. The summed E-state index contributed by atoms with van der Waals surface area (Å²) in [6, 6.07) is 7.07. The Kier molecular flexibility index (Phi) is 3.90. The molecule has 1 amide bonds. The van der Waals surface area contributed by atoms with Gasteiger partial charge in [-0.05, 0) is 18.6 Å². The molecule has 4 nitrogen and oxygen atoms in total. The summed E-state index contributed by atoms with van der Waals surface area (Å²) in [5.74, 6) is 0.871. The second kappa shape index (κ2) is 5.91. The van der Waals surface area contributed by atoms with Crippen LogP contribution in [0.25, 0.3) is 0 Å². The van der Waals surface area contributed by atoms with Crippen molar-refractivity contribution in [3.63, 3.8) is 0 Å². The SMILES string of the molecule is Cc1ccc2c(c1)[C@@H]1C[NH+](C)CC[C@H]1N2C(=O)C[NH+]1CCCC1. The molecule has 4 rings (SSSR count). The number of hydrogen-bond acceptors (Lipinski definition) is 1. The Labute approximate surface area is 139 Å². The standard InChI is InChI=1S/C19H27N3O/c1-14-5-6-17-15(11-14)16-12-20(2)10-7-18(16)22(17)19(23)13-21-8-3-4-9-21/h5-6,11,16,18H,3-4,7-10,12-13H2,1-2H3/p+2/t16-,18+/m0/s1. The lowest BCUT2D eigenvalue weighted by Crippen LogP contribution is -3.11. The van der Waals surface area contributed by atoms with Gasteiger partial charge in [0.1, 0.15) is 0 Å². The Morgan fingerprint density at radius 1 is 1.26 bits per heavy atom. The lowest BCUT2D eigenvalue weighted by Gasteiger charge is -2.34. The van der Waals surface area contributed by atoms with E-state index in [1.54, 1.807) is 4.90 Å². The molecule has 2 saturated heterocycles. The van der Waals surface area contributed by atoms with Gasteiger partial charge >= 0.3 is 0 Å². The highest BCUT2D eigenvalue weighted by Crippen LogP contribution is 2.42. The first kappa shape index (κ1) is 15.2. The molecule has 0 aliphatic carbocycles. The molecule has 3 aliphatic rings. The van der Waals surface area contributed by atoms with Crippen LogP contribution in [0.2, 0.25) is 0 Å². The Morgan fingerprint density at radius 2 is 2.04 bits per heavy atom. The van der Waals surface area contributed by atoms with Crippen molar-refractivity contribution in [2.45, 2.75) is 38.1 Å². The number of anilines is 1. The third-order valence-electron chi connectivity index (χ3n) is 6.05. The molecule has 0 radical (unpaired) electrons. The molecular formula is C19H29N3O+2. The molecular weight excluding hydrogens is 286 g/mol. The van der Waals surface area contributed by atoms with Crippen molar-refractivity contribution in [3.8, 4) is 0 Å². The first-order chi connectivity index (χ1) is 11.1. The van der Waals surface area contributed by atoms with Crippen LogP contribution in [-0.4, -0.2) is 51.7 Å². The summed E-state index contributed by atoms with van der Waals surface area (Å²) in [4.78, 5) is 18.3. The van der Waals surface area contributed by atoms with Gasteiger partial charge in [-0.15, -0.1) is 0 Å². The van der Waals surface area contributed by atoms with E-state index in [4.69, 9.17) is 0 Å². The van der Waals surface area contributed by atoms with Gasteiger partial charge in [-0.2, -0.15) is 0 Å². The van der Waals surface area contributed by atoms with Gasteiger partial charge in [0, 0.05) is 24.9 Å². The Morgan fingerprint density at radius 3 is 2.83 bits per heavy atom. The lowest BCUT2D eigenvalue weighted by molar-refractivity contribution is -0.886. The monoisotopic (exact) mass is 315 g/mol. The molecule has 124 valence electrons. The third-order valence-corrected chi connectivity index (χ3v) is 6.05. The number of quaternary nitrogens is 2. The van der Waals surface area contributed by atoms with Crippen LogP contribution < -0.4 is 14.7 Å². The van der Waals surface area contributed by atoms with E-state index in [0.717, 1.165) is 13.0 Å². The van der Waals surface area contributed by atoms with Gasteiger partial charge < -0.3 is 14.7 Å². The molecule has 0 spiro atoms. The number of likely N-dealkylation sites (N-methyl/N-ethyl adjacent to an activating group) is 1. The number of carbonyl (C=O) groups is 1. The van der Waals surface area contributed by atoms with Gasteiger partial charge in [0.15, 0.2) is 6.54 Å². The van der Waals surface area contributed by atoms with Crippen LogP contribution in [0.5, 0.6) is 0 Å². The molecule has 1 unspecified atom stereocenters. The molecule has 1 aromatic carbocycles. The smallest absolute Gasteiger partial charge is 0.282 e. The number of likely N-dealkylation sites (tertiary alicyclic amines) is 2. The second-order valence-electron chi connectivity index (χ2n) is 7.83. The van der Waals surface area contributed by atoms with Crippen molar-refractivity contribution >= 4 is 11.6 Å². The van der Waals surface area contributed by atoms with Gasteiger partial charge in [0.05, 0.1) is 45.2 Å². The first-order valence-corrected chi connectivity index (χ1v) is 9.21. The van der Waals surface area contributed by atoms with Crippen LogP contribution in [0.4, 0.5) is 5.69 Å². The predicted octanol–water partition coefficient (Wildman–Crippen LogP) is -0.609. The summed E-state index contributed by atoms with van der Waals surface area (Å²) in [6.45, 7) is 7.51. The maximum absolute atomic E-state index is 13.1. The van der Waals surface area contributed by atoms with Crippen molar-refractivity contribution in [1.29, 1.82) is 0 Å². The molecule has 3 atom stereocenters. The number of nitrogens with zero attached hydrogens (tertiary/aromatic N) is 1. The first-order valence-electron chi connectivity index (χ1n) is 9.21. The largest absolute Gasteiger partial charge is 0.337 e. The van der Waals surface area contributed by atoms with Crippen molar-refractivity contribution < 1.29 is 14.6 Å². The van der Waals surface area contributed by atoms with Crippen LogP contribution in [0.3, 0.4) is 0 Å². The molecule has 3 aliphatic heterocycles. The minimum absolute atomic E-state index is 0.346. The number of amides is 1. The van der Waals surface area contributed by atoms with Gasteiger partial charge in [0.2, 0.25) is 0 Å². The third kappa shape index (κ3) is 2.68. The Hall–Kier alpha value is -1.39. The van der Waals surface area contributed by atoms with E-state index in [0.29, 0.717) is 24.4 Å². The quantitative estimate of drug-likeness (QED) is 0.749. The van der Waals surface area contributed by atoms with Gasteiger partial charge in [-0.1, -0.05) is 17.7 Å². The number of fused-ring (bicyclic) bond motifs is 3. The van der Waals surface area contributed by atoms with Crippen LogP contribution in [0.1, 0.15) is 36.3 Å². The minimum atomic E-state index is 0.346. The maximum Gasteiger partial charge on any atom is 0.282 e. The topological polar surface area (TPSA) is 29.2 Å². The fraction of sp³-hybridized carbons (Fsp3) is 0.632. The predicted molar refractivity (Wildman–Crippen MR) is 91.2 cm³/mol. The molecule has 0 aromatic heterocycles. The molecule has 23 heavy (non-hydrogen) atoms. The number of benzene rings is 1.